The van der Waals surface area contributed by atoms with Gasteiger partial charge in [0.2, 0.25) is 5.89 Å². The molecular weight excluding hydrogens is 252 g/mol. The van der Waals surface area contributed by atoms with Gasteiger partial charge < -0.3 is 13.9 Å². The molecule has 2 rings (SSSR count). The molecule has 1 aromatic carbocycles. The quantitative estimate of drug-likeness (QED) is 0.681. The number of rotatable bonds is 4. The Bertz CT molecular complexity index is 538. The minimum atomic E-state index is -0.374. The van der Waals surface area contributed by atoms with Crippen molar-refractivity contribution < 1.29 is 13.9 Å². The van der Waals surface area contributed by atoms with Crippen molar-refractivity contribution in [1.82, 2.24) is 10.2 Å². The number of hydrogen-bond donors (Lipinski definition) is 1. The number of aromatic nitrogens is 2. The smallest absolute Gasteiger partial charge is 0.273 e. The topological polar surface area (TPSA) is 57.4 Å². The fourth-order valence-corrected chi connectivity index (χ4v) is 1.90. The summed E-state index contributed by atoms with van der Waals surface area (Å²) in [6.45, 7) is 1.96. The molecule has 0 saturated carbocycles. The summed E-state index contributed by atoms with van der Waals surface area (Å²) in [6, 6.07) is 5.77. The molecule has 18 heavy (non-hydrogen) atoms. The van der Waals surface area contributed by atoms with Gasteiger partial charge in [-0.05, 0) is 18.6 Å². The zero-order valence-corrected chi connectivity index (χ0v) is 11.3. The number of aryl methyl sites for hydroxylation is 1. The molecule has 0 amide bonds. The molecule has 0 aliphatic carbocycles. The Morgan fingerprint density at radius 2 is 1.94 bits per heavy atom. The van der Waals surface area contributed by atoms with Crippen LogP contribution in [-0.4, -0.2) is 24.4 Å². The number of ether oxygens (including phenoxy) is 2. The lowest BCUT2D eigenvalue weighted by Crippen LogP contribution is -2.04. The lowest BCUT2D eigenvalue weighted by molar-refractivity contribution is -0.106. The van der Waals surface area contributed by atoms with Crippen LogP contribution in [0.1, 0.15) is 17.4 Å². The number of nitrogens with zero attached hydrogens (tertiary/aromatic N) is 2. The van der Waals surface area contributed by atoms with Crippen LogP contribution in [0.4, 0.5) is 0 Å². The predicted molar refractivity (Wildman–Crippen MR) is 68.5 cm³/mol. The standard InChI is InChI=1S/C12H14N2O3S/c1-7-6-8(11(15-2)16-3)4-5-9(7)10-13-14-12(18)17-10/h4-6,11H,1-3H3,(H,14,18). The highest BCUT2D eigenvalue weighted by molar-refractivity contribution is 7.80. The highest BCUT2D eigenvalue weighted by Gasteiger charge is 2.13. The highest BCUT2D eigenvalue weighted by Crippen LogP contribution is 2.27. The monoisotopic (exact) mass is 266 g/mol. The average molecular weight is 266 g/mol. The van der Waals surface area contributed by atoms with Crippen LogP contribution >= 0.6 is 12.6 Å². The molecule has 0 aliphatic heterocycles. The third kappa shape index (κ3) is 2.55. The minimum Gasteiger partial charge on any atom is -0.411 e. The molecule has 0 bridgehead atoms. The average Bonchev–Trinajstić information content (AvgIpc) is 2.77. The summed E-state index contributed by atoms with van der Waals surface area (Å²) in [5.74, 6) is 0.454. The van der Waals surface area contributed by atoms with Crippen molar-refractivity contribution in [1.29, 1.82) is 0 Å². The van der Waals surface area contributed by atoms with E-state index in [0.717, 1.165) is 16.7 Å². The van der Waals surface area contributed by atoms with E-state index in [1.807, 2.05) is 25.1 Å². The minimum absolute atomic E-state index is 0.250. The van der Waals surface area contributed by atoms with E-state index < -0.39 is 0 Å². The Balaban J connectivity index is 2.36. The van der Waals surface area contributed by atoms with Gasteiger partial charge in [0.1, 0.15) is 0 Å². The van der Waals surface area contributed by atoms with Crippen molar-refractivity contribution in [2.24, 2.45) is 0 Å². The summed E-state index contributed by atoms with van der Waals surface area (Å²) >= 11 is 3.99. The molecule has 96 valence electrons. The van der Waals surface area contributed by atoms with Crippen LogP contribution in [0.25, 0.3) is 11.5 Å². The highest BCUT2D eigenvalue weighted by atomic mass is 32.1. The first-order valence-corrected chi connectivity index (χ1v) is 5.79. The van der Waals surface area contributed by atoms with Crippen molar-refractivity contribution in [3.8, 4) is 11.5 Å². The van der Waals surface area contributed by atoms with Gasteiger partial charge in [-0.3, -0.25) is 0 Å². The van der Waals surface area contributed by atoms with Crippen molar-refractivity contribution in [3.05, 3.63) is 29.3 Å². The number of hydrogen-bond acceptors (Lipinski definition) is 6. The second-order valence-corrected chi connectivity index (χ2v) is 4.15. The van der Waals surface area contributed by atoms with E-state index >= 15 is 0 Å². The van der Waals surface area contributed by atoms with E-state index in [1.165, 1.54) is 0 Å². The van der Waals surface area contributed by atoms with Crippen LogP contribution in [0.5, 0.6) is 0 Å². The summed E-state index contributed by atoms with van der Waals surface area (Å²) in [6.07, 6.45) is -0.374. The third-order valence-electron chi connectivity index (χ3n) is 2.60. The summed E-state index contributed by atoms with van der Waals surface area (Å²) in [4.78, 5) is 0. The van der Waals surface area contributed by atoms with Crippen LogP contribution in [0, 0.1) is 6.92 Å². The molecule has 0 unspecified atom stereocenters. The van der Waals surface area contributed by atoms with E-state index in [0.29, 0.717) is 5.89 Å². The Hall–Kier alpha value is -1.37. The summed E-state index contributed by atoms with van der Waals surface area (Å²) < 4.78 is 15.7. The Morgan fingerprint density at radius 3 is 2.44 bits per heavy atom. The molecule has 0 N–H and O–H groups in total. The van der Waals surface area contributed by atoms with Crippen molar-refractivity contribution >= 4 is 12.6 Å². The van der Waals surface area contributed by atoms with Gasteiger partial charge in [-0.25, -0.2) is 0 Å². The molecule has 0 spiro atoms. The Morgan fingerprint density at radius 1 is 1.22 bits per heavy atom. The number of thiol groups is 1. The van der Waals surface area contributed by atoms with Crippen molar-refractivity contribution in [2.45, 2.75) is 18.4 Å². The van der Waals surface area contributed by atoms with E-state index in [2.05, 4.69) is 22.8 Å². The second-order valence-electron chi connectivity index (χ2n) is 3.77. The van der Waals surface area contributed by atoms with Crippen LogP contribution in [0.15, 0.2) is 27.8 Å². The third-order valence-corrected chi connectivity index (χ3v) is 2.78. The van der Waals surface area contributed by atoms with Gasteiger partial charge in [-0.2, -0.15) is 0 Å². The number of benzene rings is 1. The zero-order valence-electron chi connectivity index (χ0n) is 10.4. The summed E-state index contributed by atoms with van der Waals surface area (Å²) in [7, 11) is 3.20. The molecule has 0 atom stereocenters. The van der Waals surface area contributed by atoms with Gasteiger partial charge in [-0.15, -0.1) is 10.2 Å². The largest absolute Gasteiger partial charge is 0.411 e. The summed E-state index contributed by atoms with van der Waals surface area (Å²) in [5, 5.41) is 7.88. The molecule has 0 radical (unpaired) electrons. The van der Waals surface area contributed by atoms with E-state index in [1.54, 1.807) is 14.2 Å². The molecule has 0 fully saturated rings. The van der Waals surface area contributed by atoms with Crippen molar-refractivity contribution in [3.63, 3.8) is 0 Å². The second kappa shape index (κ2) is 5.51. The lowest BCUT2D eigenvalue weighted by Gasteiger charge is -2.14. The fourth-order valence-electron chi connectivity index (χ4n) is 1.77. The molecule has 5 nitrogen and oxygen atoms in total. The van der Waals surface area contributed by atoms with Crippen LogP contribution in [0.3, 0.4) is 0 Å². The lowest BCUT2D eigenvalue weighted by atomic mass is 10.0. The van der Waals surface area contributed by atoms with E-state index in [-0.39, 0.29) is 11.5 Å². The van der Waals surface area contributed by atoms with E-state index in [4.69, 9.17) is 13.9 Å². The fraction of sp³-hybridized carbons (Fsp3) is 0.333. The zero-order chi connectivity index (χ0) is 13.1. The van der Waals surface area contributed by atoms with Crippen LogP contribution in [0.2, 0.25) is 0 Å². The number of methoxy groups -OCH3 is 2. The maximum Gasteiger partial charge on any atom is 0.273 e. The Labute approximate surface area is 111 Å². The first kappa shape index (κ1) is 13.1. The molecule has 0 aliphatic rings. The van der Waals surface area contributed by atoms with Gasteiger partial charge in [-0.1, -0.05) is 24.8 Å². The first-order chi connectivity index (χ1) is 8.65. The molecule has 0 saturated heterocycles. The normalized spacial score (nSPS) is 11.2. The van der Waals surface area contributed by atoms with E-state index in [9.17, 15) is 0 Å². The molecule has 6 heteroatoms. The first-order valence-electron chi connectivity index (χ1n) is 5.34. The predicted octanol–water partition coefficient (Wildman–Crippen LogP) is 2.63. The van der Waals surface area contributed by atoms with Crippen LogP contribution < -0.4 is 0 Å². The molecule has 2 aromatic rings. The molecular formula is C12H14N2O3S. The molecule has 1 aromatic heterocycles. The Kier molecular flexibility index (Phi) is 4.00. The SMILES string of the molecule is COC(OC)c1ccc(-c2nnc(S)o2)c(C)c1. The van der Waals surface area contributed by atoms with Gasteiger partial charge in [0, 0.05) is 25.3 Å². The van der Waals surface area contributed by atoms with Gasteiger partial charge in [0.25, 0.3) is 5.22 Å². The summed E-state index contributed by atoms with van der Waals surface area (Å²) in [5.41, 5.74) is 2.81. The van der Waals surface area contributed by atoms with Crippen LogP contribution in [-0.2, 0) is 9.47 Å². The molecule has 1 heterocycles. The maximum atomic E-state index is 5.28. The van der Waals surface area contributed by atoms with Crippen molar-refractivity contribution in [2.75, 3.05) is 14.2 Å². The van der Waals surface area contributed by atoms with Gasteiger partial charge in [0.15, 0.2) is 6.29 Å². The van der Waals surface area contributed by atoms with Gasteiger partial charge >= 0.3 is 0 Å². The van der Waals surface area contributed by atoms with Gasteiger partial charge in [0.05, 0.1) is 0 Å². The maximum absolute atomic E-state index is 5.28.